The van der Waals surface area contributed by atoms with Crippen LogP contribution in [0.3, 0.4) is 0 Å². The fraction of sp³-hybridized carbons (Fsp3) is 0.538. The van der Waals surface area contributed by atoms with Crippen molar-refractivity contribution in [1.29, 1.82) is 0 Å². The van der Waals surface area contributed by atoms with Crippen LogP contribution < -0.4 is 5.73 Å². The predicted octanol–water partition coefficient (Wildman–Crippen LogP) is 1.86. The van der Waals surface area contributed by atoms with Crippen LogP contribution in [0.1, 0.15) is 29.0 Å². The lowest BCUT2D eigenvalue weighted by Crippen LogP contribution is -2.26. The van der Waals surface area contributed by atoms with Crippen LogP contribution in [0.25, 0.3) is 0 Å². The van der Waals surface area contributed by atoms with Crippen molar-refractivity contribution in [1.82, 2.24) is 14.8 Å². The zero-order chi connectivity index (χ0) is 13.1. The van der Waals surface area contributed by atoms with E-state index in [2.05, 4.69) is 28.5 Å². The summed E-state index contributed by atoms with van der Waals surface area (Å²) in [4.78, 5) is 4.45. The molecule has 18 heavy (non-hydrogen) atoms. The van der Waals surface area contributed by atoms with E-state index in [0.717, 1.165) is 35.7 Å². The molecule has 98 valence electrons. The molecule has 0 aliphatic rings. The average Bonchev–Trinajstić information content (AvgIpc) is 2.86. The van der Waals surface area contributed by atoms with Gasteiger partial charge in [0.25, 0.3) is 0 Å². The Bertz CT molecular complexity index is 515. The molecule has 0 saturated carbocycles. The number of aromatic nitrogens is 3. The van der Waals surface area contributed by atoms with E-state index in [1.54, 1.807) is 11.3 Å². The highest BCUT2D eigenvalue weighted by Gasteiger charge is 2.11. The number of thiazole rings is 1. The van der Waals surface area contributed by atoms with Gasteiger partial charge in [0, 0.05) is 37.0 Å². The molecule has 1 unspecified atom stereocenters. The van der Waals surface area contributed by atoms with Crippen LogP contribution in [-0.2, 0) is 26.3 Å². The van der Waals surface area contributed by atoms with Crippen LogP contribution in [0, 0.1) is 6.92 Å². The maximum absolute atomic E-state index is 6.19. The maximum atomic E-state index is 6.19. The second-order valence-electron chi connectivity index (χ2n) is 4.63. The first-order valence-electron chi connectivity index (χ1n) is 6.27. The van der Waals surface area contributed by atoms with Crippen molar-refractivity contribution in [3.8, 4) is 0 Å². The highest BCUT2D eigenvalue weighted by Crippen LogP contribution is 2.12. The fourth-order valence-corrected chi connectivity index (χ4v) is 2.67. The molecule has 1 atom stereocenters. The average molecular weight is 264 g/mol. The van der Waals surface area contributed by atoms with Crippen molar-refractivity contribution < 1.29 is 0 Å². The number of hydrogen-bond donors (Lipinski definition) is 1. The zero-order valence-corrected chi connectivity index (χ0v) is 12.0. The molecule has 0 radical (unpaired) electrons. The van der Waals surface area contributed by atoms with Gasteiger partial charge in [-0.1, -0.05) is 6.92 Å². The molecule has 2 heterocycles. The molecule has 2 rings (SSSR count). The Morgan fingerprint density at radius 3 is 2.72 bits per heavy atom. The molecule has 2 N–H and O–H groups in total. The quantitative estimate of drug-likeness (QED) is 0.897. The molecule has 2 aromatic rings. The minimum Gasteiger partial charge on any atom is -0.327 e. The lowest BCUT2D eigenvalue weighted by molar-refractivity contribution is 0.607. The third-order valence-corrected chi connectivity index (χ3v) is 3.82. The number of rotatable bonds is 5. The Kier molecular flexibility index (Phi) is 4.14. The van der Waals surface area contributed by atoms with Gasteiger partial charge in [-0.25, -0.2) is 4.98 Å². The van der Waals surface area contributed by atoms with Crippen molar-refractivity contribution >= 4 is 11.3 Å². The predicted molar refractivity (Wildman–Crippen MR) is 74.8 cm³/mol. The summed E-state index contributed by atoms with van der Waals surface area (Å²) in [5.74, 6) is 0. The molecule has 0 spiro atoms. The van der Waals surface area contributed by atoms with E-state index < -0.39 is 0 Å². The van der Waals surface area contributed by atoms with Crippen molar-refractivity contribution in [2.75, 3.05) is 0 Å². The summed E-state index contributed by atoms with van der Waals surface area (Å²) in [5.41, 5.74) is 9.62. The van der Waals surface area contributed by atoms with E-state index in [0.29, 0.717) is 0 Å². The van der Waals surface area contributed by atoms with Gasteiger partial charge < -0.3 is 5.73 Å². The van der Waals surface area contributed by atoms with Crippen molar-refractivity contribution in [2.24, 2.45) is 12.8 Å². The third kappa shape index (κ3) is 3.17. The van der Waals surface area contributed by atoms with Crippen LogP contribution in [0.5, 0.6) is 0 Å². The van der Waals surface area contributed by atoms with E-state index in [-0.39, 0.29) is 6.04 Å². The molecule has 5 heteroatoms. The maximum Gasteiger partial charge on any atom is 0.0897 e. The van der Waals surface area contributed by atoms with Gasteiger partial charge in [0.1, 0.15) is 0 Å². The molecule has 2 aromatic heterocycles. The standard InChI is InChI=1S/C13H20N4S/c1-4-11-7-13(17(3)16-11)6-10(14)5-12-8-18-9(2)15-12/h7-8,10H,4-6,14H2,1-3H3. The van der Waals surface area contributed by atoms with E-state index in [1.807, 2.05) is 18.7 Å². The zero-order valence-electron chi connectivity index (χ0n) is 11.2. The molecule has 0 aromatic carbocycles. The van der Waals surface area contributed by atoms with Gasteiger partial charge in [0.05, 0.1) is 16.4 Å². The monoisotopic (exact) mass is 264 g/mol. The number of nitrogens with two attached hydrogens (primary N) is 1. The SMILES string of the molecule is CCc1cc(CC(N)Cc2csc(C)n2)n(C)n1. The first-order chi connectivity index (χ1) is 8.58. The number of hydrogen-bond acceptors (Lipinski definition) is 4. The highest BCUT2D eigenvalue weighted by atomic mass is 32.1. The van der Waals surface area contributed by atoms with Crippen molar-refractivity contribution in [2.45, 2.75) is 39.2 Å². The molecule has 0 fully saturated rings. The largest absolute Gasteiger partial charge is 0.327 e. The van der Waals surface area contributed by atoms with E-state index in [9.17, 15) is 0 Å². The fourth-order valence-electron chi connectivity index (χ4n) is 2.05. The summed E-state index contributed by atoms with van der Waals surface area (Å²) in [6.07, 6.45) is 2.64. The van der Waals surface area contributed by atoms with Crippen molar-refractivity contribution in [3.05, 3.63) is 33.5 Å². The van der Waals surface area contributed by atoms with Gasteiger partial charge in [-0.2, -0.15) is 5.10 Å². The van der Waals surface area contributed by atoms with Crippen LogP contribution in [0.2, 0.25) is 0 Å². The molecular weight excluding hydrogens is 244 g/mol. The molecule has 0 amide bonds. The Morgan fingerprint density at radius 2 is 2.17 bits per heavy atom. The second kappa shape index (κ2) is 5.63. The Balaban J connectivity index is 1.98. The summed E-state index contributed by atoms with van der Waals surface area (Å²) in [5, 5.41) is 7.64. The molecule has 0 aliphatic heterocycles. The van der Waals surface area contributed by atoms with Gasteiger partial charge in [-0.3, -0.25) is 4.68 Å². The first-order valence-corrected chi connectivity index (χ1v) is 7.14. The first kappa shape index (κ1) is 13.2. The molecule has 0 bridgehead atoms. The summed E-state index contributed by atoms with van der Waals surface area (Å²) in [6, 6.07) is 2.25. The van der Waals surface area contributed by atoms with Crippen LogP contribution in [0.4, 0.5) is 0 Å². The highest BCUT2D eigenvalue weighted by molar-refractivity contribution is 7.09. The number of aryl methyl sites for hydroxylation is 3. The van der Waals surface area contributed by atoms with Gasteiger partial charge in [0.2, 0.25) is 0 Å². The molecule has 4 nitrogen and oxygen atoms in total. The minimum absolute atomic E-state index is 0.103. The summed E-state index contributed by atoms with van der Waals surface area (Å²) >= 11 is 1.68. The van der Waals surface area contributed by atoms with E-state index in [4.69, 9.17) is 5.73 Å². The minimum atomic E-state index is 0.103. The Hall–Kier alpha value is -1.20. The summed E-state index contributed by atoms with van der Waals surface area (Å²) in [6.45, 7) is 4.14. The lowest BCUT2D eigenvalue weighted by atomic mass is 10.1. The summed E-state index contributed by atoms with van der Waals surface area (Å²) in [7, 11) is 1.98. The lowest BCUT2D eigenvalue weighted by Gasteiger charge is -2.09. The summed E-state index contributed by atoms with van der Waals surface area (Å²) < 4.78 is 1.94. The molecular formula is C13H20N4S. The van der Waals surface area contributed by atoms with Gasteiger partial charge in [-0.15, -0.1) is 11.3 Å². The smallest absolute Gasteiger partial charge is 0.0897 e. The third-order valence-electron chi connectivity index (χ3n) is 3.00. The second-order valence-corrected chi connectivity index (χ2v) is 5.69. The van der Waals surface area contributed by atoms with E-state index in [1.165, 1.54) is 5.69 Å². The normalized spacial score (nSPS) is 12.9. The van der Waals surface area contributed by atoms with Gasteiger partial charge >= 0.3 is 0 Å². The number of nitrogens with zero attached hydrogens (tertiary/aromatic N) is 3. The van der Waals surface area contributed by atoms with Crippen LogP contribution in [-0.4, -0.2) is 20.8 Å². The van der Waals surface area contributed by atoms with Gasteiger partial charge in [0.15, 0.2) is 0 Å². The van der Waals surface area contributed by atoms with Gasteiger partial charge in [-0.05, 0) is 19.4 Å². The van der Waals surface area contributed by atoms with Crippen LogP contribution in [0.15, 0.2) is 11.4 Å². The topological polar surface area (TPSA) is 56.7 Å². The Morgan fingerprint density at radius 1 is 1.39 bits per heavy atom. The van der Waals surface area contributed by atoms with E-state index >= 15 is 0 Å². The molecule has 0 aliphatic carbocycles. The Labute approximate surface area is 112 Å². The molecule has 0 saturated heterocycles. The van der Waals surface area contributed by atoms with Crippen LogP contribution >= 0.6 is 11.3 Å². The van der Waals surface area contributed by atoms with Crippen molar-refractivity contribution in [3.63, 3.8) is 0 Å².